The van der Waals surface area contributed by atoms with Gasteiger partial charge in [0.1, 0.15) is 5.52 Å². The fourth-order valence-electron chi connectivity index (χ4n) is 2.18. The Balaban J connectivity index is 1.70. The number of carbonyl (C=O) groups is 1. The summed E-state index contributed by atoms with van der Waals surface area (Å²) in [5.74, 6) is -0.291. The van der Waals surface area contributed by atoms with Crippen molar-refractivity contribution in [3.8, 4) is 0 Å². The van der Waals surface area contributed by atoms with Gasteiger partial charge in [-0.25, -0.2) is 4.68 Å². The molecular weight excluding hydrogens is 351 g/mol. The predicted molar refractivity (Wildman–Crippen MR) is 93.5 cm³/mol. The van der Waals surface area contributed by atoms with Gasteiger partial charge in [-0.2, -0.15) is 0 Å². The molecule has 3 aromatic rings. The lowest BCUT2D eigenvalue weighted by molar-refractivity contribution is -0.116. The SMILES string of the molecule is O=C(CCn1nnc2ccccc2c1=O)Nc1ccc(Cl)cc1Cl. The zero-order valence-corrected chi connectivity index (χ0v) is 13.9. The molecule has 0 bridgehead atoms. The molecule has 0 aliphatic carbocycles. The molecule has 1 N–H and O–H groups in total. The summed E-state index contributed by atoms with van der Waals surface area (Å²) in [7, 11) is 0. The normalized spacial score (nSPS) is 10.8. The minimum absolute atomic E-state index is 0.0614. The second-order valence-corrected chi connectivity index (χ2v) is 5.90. The Hall–Kier alpha value is -2.44. The lowest BCUT2D eigenvalue weighted by Gasteiger charge is -2.08. The molecule has 6 nitrogen and oxygen atoms in total. The van der Waals surface area contributed by atoms with E-state index in [1.807, 2.05) is 0 Å². The topological polar surface area (TPSA) is 76.9 Å². The van der Waals surface area contributed by atoms with Crippen molar-refractivity contribution in [1.82, 2.24) is 15.0 Å². The van der Waals surface area contributed by atoms with Gasteiger partial charge in [-0.15, -0.1) is 5.10 Å². The van der Waals surface area contributed by atoms with Crippen LogP contribution in [-0.2, 0) is 11.3 Å². The molecule has 0 spiro atoms. The molecule has 3 rings (SSSR count). The number of halogens is 2. The Morgan fingerprint density at radius 3 is 2.75 bits per heavy atom. The molecule has 0 atom stereocenters. The van der Waals surface area contributed by atoms with Gasteiger partial charge in [-0.3, -0.25) is 9.59 Å². The quantitative estimate of drug-likeness (QED) is 0.773. The van der Waals surface area contributed by atoms with Gasteiger partial charge in [-0.05, 0) is 30.3 Å². The van der Waals surface area contributed by atoms with Crippen molar-refractivity contribution in [2.45, 2.75) is 13.0 Å². The van der Waals surface area contributed by atoms with Crippen LogP contribution in [0.1, 0.15) is 6.42 Å². The van der Waals surface area contributed by atoms with Crippen LogP contribution in [0, 0.1) is 0 Å². The molecule has 0 unspecified atom stereocenters. The van der Waals surface area contributed by atoms with Crippen LogP contribution in [-0.4, -0.2) is 20.9 Å². The first kappa shape index (κ1) is 16.4. The Bertz CT molecular complexity index is 972. The fourth-order valence-corrected chi connectivity index (χ4v) is 2.64. The highest BCUT2D eigenvalue weighted by Crippen LogP contribution is 2.25. The molecule has 0 aliphatic heterocycles. The van der Waals surface area contributed by atoms with E-state index in [1.165, 1.54) is 10.7 Å². The summed E-state index contributed by atoms with van der Waals surface area (Å²) >= 11 is 11.8. The number of aryl methyl sites for hydroxylation is 1. The summed E-state index contributed by atoms with van der Waals surface area (Å²) in [6, 6.07) is 11.7. The van der Waals surface area contributed by atoms with E-state index < -0.39 is 0 Å². The first-order valence-corrected chi connectivity index (χ1v) is 7.87. The van der Waals surface area contributed by atoms with Crippen molar-refractivity contribution >= 4 is 45.7 Å². The van der Waals surface area contributed by atoms with E-state index in [4.69, 9.17) is 23.2 Å². The van der Waals surface area contributed by atoms with E-state index in [9.17, 15) is 9.59 Å². The third-order valence-corrected chi connectivity index (χ3v) is 3.93. The first-order valence-electron chi connectivity index (χ1n) is 7.12. The number of nitrogens with zero attached hydrogens (tertiary/aromatic N) is 3. The van der Waals surface area contributed by atoms with Crippen LogP contribution >= 0.6 is 23.2 Å². The summed E-state index contributed by atoms with van der Waals surface area (Å²) < 4.78 is 1.17. The lowest BCUT2D eigenvalue weighted by atomic mass is 10.2. The second kappa shape index (κ2) is 6.98. The minimum atomic E-state index is -0.291. The van der Waals surface area contributed by atoms with Crippen molar-refractivity contribution in [1.29, 1.82) is 0 Å². The molecule has 1 aromatic heterocycles. The Kier molecular flexibility index (Phi) is 4.78. The molecule has 24 heavy (non-hydrogen) atoms. The molecule has 0 fully saturated rings. The largest absolute Gasteiger partial charge is 0.325 e. The van der Waals surface area contributed by atoms with E-state index >= 15 is 0 Å². The summed E-state index contributed by atoms with van der Waals surface area (Å²) in [5.41, 5.74) is 0.706. The first-order chi connectivity index (χ1) is 11.5. The summed E-state index contributed by atoms with van der Waals surface area (Å²) in [6.07, 6.45) is 0.0614. The number of carbonyl (C=O) groups excluding carboxylic acids is 1. The number of hydrogen-bond donors (Lipinski definition) is 1. The number of nitrogens with one attached hydrogen (secondary N) is 1. The maximum atomic E-state index is 12.3. The van der Waals surface area contributed by atoms with Crippen LogP contribution in [0.4, 0.5) is 5.69 Å². The van der Waals surface area contributed by atoms with Crippen molar-refractivity contribution in [3.63, 3.8) is 0 Å². The van der Waals surface area contributed by atoms with Crippen LogP contribution in [0.25, 0.3) is 10.9 Å². The van der Waals surface area contributed by atoms with Crippen LogP contribution in [0.3, 0.4) is 0 Å². The summed E-state index contributed by atoms with van der Waals surface area (Å²) in [6.45, 7) is 0.119. The number of amides is 1. The van der Waals surface area contributed by atoms with Crippen LogP contribution in [0.2, 0.25) is 10.0 Å². The van der Waals surface area contributed by atoms with Crippen molar-refractivity contribution in [2.24, 2.45) is 0 Å². The number of aromatic nitrogens is 3. The van der Waals surface area contributed by atoms with Crippen molar-refractivity contribution in [3.05, 3.63) is 62.9 Å². The van der Waals surface area contributed by atoms with Gasteiger partial charge < -0.3 is 5.32 Å². The predicted octanol–water partition coefficient (Wildman–Crippen LogP) is 3.13. The minimum Gasteiger partial charge on any atom is -0.325 e. The van der Waals surface area contributed by atoms with Crippen molar-refractivity contribution in [2.75, 3.05) is 5.32 Å². The van der Waals surface area contributed by atoms with Gasteiger partial charge in [0.2, 0.25) is 5.91 Å². The van der Waals surface area contributed by atoms with Crippen LogP contribution in [0.5, 0.6) is 0 Å². The summed E-state index contributed by atoms with van der Waals surface area (Å²) in [5, 5.41) is 11.8. The van der Waals surface area contributed by atoms with Crippen LogP contribution in [0.15, 0.2) is 47.3 Å². The van der Waals surface area contributed by atoms with Gasteiger partial charge in [0, 0.05) is 11.4 Å². The molecule has 0 saturated carbocycles. The number of anilines is 1. The second-order valence-electron chi connectivity index (χ2n) is 5.06. The van der Waals surface area contributed by atoms with E-state index in [0.29, 0.717) is 26.6 Å². The standard InChI is InChI=1S/C16H12Cl2N4O2/c17-10-5-6-14(12(18)9-10)19-15(23)7-8-22-16(24)11-3-1-2-4-13(11)20-21-22/h1-6,9H,7-8H2,(H,19,23). The zero-order valence-electron chi connectivity index (χ0n) is 12.4. The maximum absolute atomic E-state index is 12.3. The fraction of sp³-hybridized carbons (Fsp3) is 0.125. The van der Waals surface area contributed by atoms with E-state index in [0.717, 1.165) is 0 Å². The average Bonchev–Trinajstić information content (AvgIpc) is 2.57. The Morgan fingerprint density at radius 2 is 1.96 bits per heavy atom. The molecule has 0 saturated heterocycles. The van der Waals surface area contributed by atoms with Gasteiger partial charge in [-0.1, -0.05) is 40.5 Å². The highest BCUT2D eigenvalue weighted by molar-refractivity contribution is 6.36. The third kappa shape index (κ3) is 3.55. The van der Waals surface area contributed by atoms with Crippen molar-refractivity contribution < 1.29 is 4.79 Å². The molecule has 122 valence electrons. The van der Waals surface area contributed by atoms with Gasteiger partial charge in [0.15, 0.2) is 0 Å². The molecule has 2 aromatic carbocycles. The van der Waals surface area contributed by atoms with Crippen LogP contribution < -0.4 is 10.9 Å². The highest BCUT2D eigenvalue weighted by Gasteiger charge is 2.09. The molecular formula is C16H12Cl2N4O2. The van der Waals surface area contributed by atoms with Gasteiger partial charge >= 0.3 is 0 Å². The third-order valence-electron chi connectivity index (χ3n) is 3.39. The highest BCUT2D eigenvalue weighted by atomic mass is 35.5. The number of benzene rings is 2. The molecule has 0 aliphatic rings. The zero-order chi connectivity index (χ0) is 17.1. The van der Waals surface area contributed by atoms with E-state index in [1.54, 1.807) is 36.4 Å². The van der Waals surface area contributed by atoms with Gasteiger partial charge in [0.25, 0.3) is 5.56 Å². The van der Waals surface area contributed by atoms with E-state index in [-0.39, 0.29) is 24.4 Å². The average molecular weight is 363 g/mol. The molecule has 8 heteroatoms. The summed E-state index contributed by atoms with van der Waals surface area (Å²) in [4.78, 5) is 24.3. The molecule has 0 radical (unpaired) electrons. The number of fused-ring (bicyclic) bond motifs is 1. The molecule has 1 amide bonds. The Labute approximate surface area is 147 Å². The lowest BCUT2D eigenvalue weighted by Crippen LogP contribution is -2.26. The monoisotopic (exact) mass is 362 g/mol. The smallest absolute Gasteiger partial charge is 0.277 e. The number of hydrogen-bond acceptors (Lipinski definition) is 4. The number of rotatable bonds is 4. The maximum Gasteiger partial charge on any atom is 0.277 e. The van der Waals surface area contributed by atoms with Gasteiger partial charge in [0.05, 0.1) is 22.6 Å². The molecule has 1 heterocycles. The van der Waals surface area contributed by atoms with E-state index in [2.05, 4.69) is 15.6 Å². The Morgan fingerprint density at radius 1 is 1.17 bits per heavy atom.